The number of thioether (sulfide) groups is 1. The molecule has 0 aliphatic carbocycles. The molecule has 0 unspecified atom stereocenters. The Bertz CT molecular complexity index is 1080. The number of fused-ring (bicyclic) bond motifs is 1. The van der Waals surface area contributed by atoms with Crippen LogP contribution in [0.1, 0.15) is 30.9 Å². The number of ether oxygens (including phenoxy) is 1. The molecule has 0 saturated heterocycles. The van der Waals surface area contributed by atoms with E-state index in [0.29, 0.717) is 17.5 Å². The van der Waals surface area contributed by atoms with Crippen LogP contribution in [-0.2, 0) is 11.4 Å². The van der Waals surface area contributed by atoms with Crippen LogP contribution in [0.2, 0.25) is 0 Å². The summed E-state index contributed by atoms with van der Waals surface area (Å²) in [5, 5.41) is 15.5. The van der Waals surface area contributed by atoms with E-state index in [1.54, 1.807) is 42.5 Å². The molecule has 1 amide bonds. The van der Waals surface area contributed by atoms with Crippen molar-refractivity contribution in [1.29, 1.82) is 5.41 Å². The van der Waals surface area contributed by atoms with Gasteiger partial charge in [0, 0.05) is 0 Å². The summed E-state index contributed by atoms with van der Waals surface area (Å²) in [6, 6.07) is 13.3. The van der Waals surface area contributed by atoms with Gasteiger partial charge in [-0.1, -0.05) is 31.2 Å². The first-order valence-electron chi connectivity index (χ1n) is 9.50. The number of carbonyl (C=O) groups excluding carboxylic acids is 1. The number of rotatable bonds is 6. The van der Waals surface area contributed by atoms with Gasteiger partial charge in [0.25, 0.3) is 5.91 Å². The van der Waals surface area contributed by atoms with Crippen LogP contribution in [0.4, 0.5) is 4.39 Å². The minimum Gasteiger partial charge on any atom is -0.489 e. The lowest BCUT2D eigenvalue weighted by atomic mass is 10.1. The van der Waals surface area contributed by atoms with E-state index in [-0.39, 0.29) is 17.2 Å². The average molecular weight is 422 g/mol. The molecular weight excluding hydrogens is 403 g/mol. The van der Waals surface area contributed by atoms with Crippen LogP contribution in [-0.4, -0.2) is 27.0 Å². The fourth-order valence-electron chi connectivity index (χ4n) is 2.92. The van der Waals surface area contributed by atoms with Gasteiger partial charge in [0.05, 0.1) is 5.57 Å². The zero-order valence-electron chi connectivity index (χ0n) is 16.3. The van der Waals surface area contributed by atoms with Gasteiger partial charge < -0.3 is 4.74 Å². The molecular formula is C22H19FN4O2S. The highest BCUT2D eigenvalue weighted by Crippen LogP contribution is 2.29. The number of benzene rings is 2. The average Bonchev–Trinajstić information content (AvgIpc) is 3.14. The number of halogens is 1. The van der Waals surface area contributed by atoms with Crippen LogP contribution in [0.25, 0.3) is 6.08 Å². The molecule has 0 aromatic heterocycles. The van der Waals surface area contributed by atoms with Gasteiger partial charge in [-0.2, -0.15) is 15.1 Å². The van der Waals surface area contributed by atoms with Crippen molar-refractivity contribution in [3.63, 3.8) is 0 Å². The molecule has 2 aromatic rings. The van der Waals surface area contributed by atoms with Gasteiger partial charge in [0.1, 0.15) is 23.2 Å². The smallest absolute Gasteiger partial charge is 0.283 e. The maximum atomic E-state index is 13.0. The number of amides is 1. The van der Waals surface area contributed by atoms with Crippen LogP contribution in [0.5, 0.6) is 5.75 Å². The summed E-state index contributed by atoms with van der Waals surface area (Å²) in [6.07, 6.45) is 3.36. The molecule has 2 aromatic carbocycles. The topological polar surface area (TPSA) is 78.1 Å². The number of aliphatic imine (C=N–C) groups is 1. The fraction of sp³-hybridized carbons (Fsp3) is 0.182. The number of hydrogen-bond donors (Lipinski definition) is 1. The minimum atomic E-state index is -0.441. The standard InChI is InChI=1S/C22H19FN4O2S/c1-2-3-19-26-27-20(24)18(21(28)25-22(27)30-19)12-14-6-10-17(11-7-14)29-13-15-4-8-16(23)9-5-15/h4-12,24H,2-3,13H2,1H3/b18-12+,24-20?. The monoisotopic (exact) mass is 422 g/mol. The van der Waals surface area contributed by atoms with Crippen LogP contribution >= 0.6 is 11.8 Å². The van der Waals surface area contributed by atoms with Crippen LogP contribution in [0, 0.1) is 11.2 Å². The summed E-state index contributed by atoms with van der Waals surface area (Å²) >= 11 is 1.34. The molecule has 0 fully saturated rings. The van der Waals surface area contributed by atoms with Gasteiger partial charge in [-0.25, -0.2) is 4.39 Å². The van der Waals surface area contributed by atoms with E-state index in [2.05, 4.69) is 17.0 Å². The van der Waals surface area contributed by atoms with E-state index in [4.69, 9.17) is 10.1 Å². The van der Waals surface area contributed by atoms with E-state index in [0.717, 1.165) is 29.0 Å². The van der Waals surface area contributed by atoms with Crippen molar-refractivity contribution in [1.82, 2.24) is 5.01 Å². The summed E-state index contributed by atoms with van der Waals surface area (Å²) in [5.74, 6) is -0.0459. The highest BCUT2D eigenvalue weighted by Gasteiger charge is 2.35. The molecule has 2 aliphatic heterocycles. The van der Waals surface area contributed by atoms with Gasteiger partial charge in [-0.15, -0.1) is 0 Å². The lowest BCUT2D eigenvalue weighted by Crippen LogP contribution is -2.35. The molecule has 0 atom stereocenters. The fourth-order valence-corrected chi connectivity index (χ4v) is 3.91. The van der Waals surface area contributed by atoms with Crippen LogP contribution < -0.4 is 4.74 Å². The molecule has 0 bridgehead atoms. The second kappa shape index (κ2) is 8.62. The lowest BCUT2D eigenvalue weighted by Gasteiger charge is -2.20. The Morgan fingerprint density at radius 2 is 1.90 bits per heavy atom. The first-order valence-corrected chi connectivity index (χ1v) is 10.3. The highest BCUT2D eigenvalue weighted by atomic mass is 32.2. The largest absolute Gasteiger partial charge is 0.489 e. The van der Waals surface area contributed by atoms with Crippen LogP contribution in [0.3, 0.4) is 0 Å². The Morgan fingerprint density at radius 3 is 2.60 bits per heavy atom. The van der Waals surface area contributed by atoms with Crippen molar-refractivity contribution in [2.45, 2.75) is 26.4 Å². The van der Waals surface area contributed by atoms with E-state index in [9.17, 15) is 9.18 Å². The number of nitrogens with one attached hydrogen (secondary N) is 1. The minimum absolute atomic E-state index is 0.0280. The third kappa shape index (κ3) is 4.33. The number of amidine groups is 2. The van der Waals surface area contributed by atoms with Gasteiger partial charge in [0.15, 0.2) is 5.84 Å². The van der Waals surface area contributed by atoms with Crippen molar-refractivity contribution >= 4 is 39.8 Å². The number of hydrogen-bond acceptors (Lipinski definition) is 5. The van der Waals surface area contributed by atoms with Gasteiger partial charge in [-0.3, -0.25) is 10.2 Å². The second-order valence-electron chi connectivity index (χ2n) is 6.75. The third-order valence-corrected chi connectivity index (χ3v) is 5.44. The molecule has 0 spiro atoms. The SMILES string of the molecule is CCCC1=NN2C(=N)/C(=C\c3ccc(OCc4ccc(F)cc4)cc3)C(=O)N=C2S1. The Labute approximate surface area is 177 Å². The van der Waals surface area contributed by atoms with E-state index in [1.165, 1.54) is 28.9 Å². The highest BCUT2D eigenvalue weighted by molar-refractivity contribution is 8.26. The quantitative estimate of drug-likeness (QED) is 0.677. The zero-order valence-corrected chi connectivity index (χ0v) is 17.1. The Hall–Kier alpha value is -3.26. The summed E-state index contributed by atoms with van der Waals surface area (Å²) in [7, 11) is 0. The predicted molar refractivity (Wildman–Crippen MR) is 117 cm³/mol. The number of hydrazone groups is 1. The Kier molecular flexibility index (Phi) is 5.76. The first-order chi connectivity index (χ1) is 14.5. The molecule has 6 nitrogen and oxygen atoms in total. The number of nitrogens with zero attached hydrogens (tertiary/aromatic N) is 3. The molecule has 4 rings (SSSR count). The Balaban J connectivity index is 1.46. The van der Waals surface area contributed by atoms with Crippen molar-refractivity contribution in [2.24, 2.45) is 10.1 Å². The molecule has 2 aliphatic rings. The second-order valence-corrected chi connectivity index (χ2v) is 7.79. The molecule has 8 heteroatoms. The van der Waals surface area contributed by atoms with E-state index < -0.39 is 5.91 Å². The summed E-state index contributed by atoms with van der Waals surface area (Å²) in [5.41, 5.74) is 1.81. The summed E-state index contributed by atoms with van der Waals surface area (Å²) in [4.78, 5) is 16.5. The maximum Gasteiger partial charge on any atom is 0.283 e. The first kappa shape index (κ1) is 20.0. The molecule has 30 heavy (non-hydrogen) atoms. The third-order valence-electron chi connectivity index (χ3n) is 4.47. The lowest BCUT2D eigenvalue weighted by molar-refractivity contribution is -0.114. The van der Waals surface area contributed by atoms with Crippen molar-refractivity contribution in [3.05, 3.63) is 71.0 Å². The molecule has 0 saturated carbocycles. The summed E-state index contributed by atoms with van der Waals surface area (Å²) < 4.78 is 18.7. The summed E-state index contributed by atoms with van der Waals surface area (Å²) in [6.45, 7) is 2.38. The maximum absolute atomic E-state index is 13.0. The molecule has 2 heterocycles. The Morgan fingerprint density at radius 1 is 1.17 bits per heavy atom. The molecule has 152 valence electrons. The van der Waals surface area contributed by atoms with Crippen molar-refractivity contribution < 1.29 is 13.9 Å². The van der Waals surface area contributed by atoms with Gasteiger partial charge >= 0.3 is 0 Å². The molecule has 0 radical (unpaired) electrons. The van der Waals surface area contributed by atoms with Crippen LogP contribution in [0.15, 0.2) is 64.2 Å². The van der Waals surface area contributed by atoms with Crippen molar-refractivity contribution in [3.8, 4) is 5.75 Å². The van der Waals surface area contributed by atoms with E-state index >= 15 is 0 Å². The number of carbonyl (C=O) groups is 1. The van der Waals surface area contributed by atoms with Gasteiger partial charge in [-0.05, 0) is 66.1 Å². The predicted octanol–water partition coefficient (Wildman–Crippen LogP) is 4.82. The normalized spacial score (nSPS) is 17.1. The van der Waals surface area contributed by atoms with Gasteiger partial charge in [0.2, 0.25) is 5.17 Å². The zero-order chi connectivity index (χ0) is 21.1. The molecule has 1 N–H and O–H groups in total. The van der Waals surface area contributed by atoms with E-state index in [1.807, 2.05) is 0 Å². The van der Waals surface area contributed by atoms with Crippen molar-refractivity contribution in [2.75, 3.05) is 0 Å².